The van der Waals surface area contributed by atoms with E-state index in [-0.39, 0.29) is 0 Å². The van der Waals surface area contributed by atoms with Crippen LogP contribution in [0.5, 0.6) is 0 Å². The summed E-state index contributed by atoms with van der Waals surface area (Å²) in [5, 5.41) is 0. The van der Waals surface area contributed by atoms with Gasteiger partial charge in [0.05, 0.1) is 0 Å². The molecule has 0 aliphatic heterocycles. The van der Waals surface area contributed by atoms with Crippen LogP contribution in [0.3, 0.4) is 0 Å². The molecule has 5 unspecified atom stereocenters. The molecule has 0 heterocycles. The van der Waals surface area contributed by atoms with Crippen molar-refractivity contribution in [1.29, 1.82) is 0 Å². The number of rotatable bonds is 3. The van der Waals surface area contributed by atoms with Gasteiger partial charge in [-0.1, -0.05) is 67.5 Å². The van der Waals surface area contributed by atoms with Gasteiger partial charge in [0.25, 0.3) is 0 Å². The summed E-state index contributed by atoms with van der Waals surface area (Å²) in [5.74, 6) is 6.10. The van der Waals surface area contributed by atoms with E-state index >= 15 is 0 Å². The van der Waals surface area contributed by atoms with Crippen LogP contribution in [0.25, 0.3) is 0 Å². The van der Waals surface area contributed by atoms with Crippen LogP contribution in [0.2, 0.25) is 0 Å². The summed E-state index contributed by atoms with van der Waals surface area (Å²) < 4.78 is 0. The van der Waals surface area contributed by atoms with E-state index < -0.39 is 0 Å². The third-order valence-electron chi connectivity index (χ3n) is 6.46. The van der Waals surface area contributed by atoms with Gasteiger partial charge in [-0.25, -0.2) is 0 Å². The van der Waals surface area contributed by atoms with Gasteiger partial charge in [-0.2, -0.15) is 0 Å². The highest BCUT2D eigenvalue weighted by molar-refractivity contribution is 5.11. The Kier molecular flexibility index (Phi) is 5.09. The van der Waals surface area contributed by atoms with Crippen LogP contribution >= 0.6 is 0 Å². The average Bonchev–Trinajstić information content (AvgIpc) is 2.32. The van der Waals surface area contributed by atoms with E-state index in [1.165, 1.54) is 5.57 Å². The fourth-order valence-corrected chi connectivity index (χ4v) is 3.98. The maximum atomic E-state index is 4.49. The smallest absolute Gasteiger partial charge is 0.0146 e. The van der Waals surface area contributed by atoms with Crippen LogP contribution in [0, 0.1) is 47.3 Å². The highest BCUT2D eigenvalue weighted by Crippen LogP contribution is 2.49. The first kappa shape index (κ1) is 15.8. The molecule has 0 aromatic heterocycles. The van der Waals surface area contributed by atoms with Gasteiger partial charge in [-0.3, -0.25) is 0 Å². The second kappa shape index (κ2) is 5.80. The number of hydrogen-bond donors (Lipinski definition) is 0. The SMILES string of the molecule is C=C(C(C)C(C)C)C1C(C)C(C)C(C)C(C)C1C. The molecule has 0 saturated heterocycles. The van der Waals surface area contributed by atoms with Crippen molar-refractivity contribution in [2.45, 2.75) is 55.4 Å². The van der Waals surface area contributed by atoms with Gasteiger partial charge in [0, 0.05) is 0 Å². The molecule has 0 nitrogen and oxygen atoms in total. The fraction of sp³-hybridized carbons (Fsp3) is 0.889. The van der Waals surface area contributed by atoms with Crippen LogP contribution in [-0.2, 0) is 0 Å². The molecule has 0 heteroatoms. The van der Waals surface area contributed by atoms with E-state index in [9.17, 15) is 0 Å². The summed E-state index contributed by atoms with van der Waals surface area (Å²) in [7, 11) is 0. The molecule has 106 valence electrons. The van der Waals surface area contributed by atoms with Gasteiger partial charge in [0.1, 0.15) is 0 Å². The van der Waals surface area contributed by atoms with Crippen molar-refractivity contribution in [3.8, 4) is 0 Å². The van der Waals surface area contributed by atoms with E-state index in [1.54, 1.807) is 0 Å². The third kappa shape index (κ3) is 2.68. The van der Waals surface area contributed by atoms with Gasteiger partial charge >= 0.3 is 0 Å². The zero-order valence-corrected chi connectivity index (χ0v) is 13.8. The second-order valence-electron chi connectivity index (χ2n) is 7.43. The molecule has 0 N–H and O–H groups in total. The van der Waals surface area contributed by atoms with E-state index in [0.29, 0.717) is 17.8 Å². The molecule has 0 radical (unpaired) electrons. The predicted molar refractivity (Wildman–Crippen MR) is 82.5 cm³/mol. The lowest BCUT2D eigenvalue weighted by Gasteiger charge is -2.49. The van der Waals surface area contributed by atoms with E-state index in [2.05, 4.69) is 62.0 Å². The van der Waals surface area contributed by atoms with Gasteiger partial charge in [-0.05, 0) is 47.3 Å². The van der Waals surface area contributed by atoms with Crippen molar-refractivity contribution in [3.63, 3.8) is 0 Å². The van der Waals surface area contributed by atoms with E-state index in [0.717, 1.165) is 29.6 Å². The van der Waals surface area contributed by atoms with E-state index in [1.807, 2.05) is 0 Å². The molecule has 0 aromatic rings. The van der Waals surface area contributed by atoms with Crippen LogP contribution in [-0.4, -0.2) is 0 Å². The summed E-state index contributed by atoms with van der Waals surface area (Å²) in [5.41, 5.74) is 1.51. The lowest BCUT2D eigenvalue weighted by molar-refractivity contribution is 0.0333. The summed E-state index contributed by atoms with van der Waals surface area (Å²) in [4.78, 5) is 0. The van der Waals surface area contributed by atoms with Crippen LogP contribution in [0.4, 0.5) is 0 Å². The van der Waals surface area contributed by atoms with Gasteiger partial charge < -0.3 is 0 Å². The molecule has 5 atom stereocenters. The largest absolute Gasteiger partial charge is 0.0993 e. The van der Waals surface area contributed by atoms with Crippen molar-refractivity contribution in [2.24, 2.45) is 47.3 Å². The van der Waals surface area contributed by atoms with Gasteiger partial charge in [0.15, 0.2) is 0 Å². The highest BCUT2D eigenvalue weighted by atomic mass is 14.5. The lowest BCUT2D eigenvalue weighted by Crippen LogP contribution is -2.42. The van der Waals surface area contributed by atoms with Gasteiger partial charge in [0.2, 0.25) is 0 Å². The standard InChI is InChI=1S/C18H34/c1-10(2)11(3)15(7)18-16(8)13(5)12(4)14(6)17(18)9/h10-14,16-18H,7H2,1-6,8-9H3. The molecule has 1 fully saturated rings. The Morgan fingerprint density at radius 1 is 0.722 bits per heavy atom. The van der Waals surface area contributed by atoms with Crippen LogP contribution < -0.4 is 0 Å². The molecule has 1 aliphatic rings. The molecule has 0 aromatic carbocycles. The quantitative estimate of drug-likeness (QED) is 0.568. The van der Waals surface area contributed by atoms with Crippen molar-refractivity contribution < 1.29 is 0 Å². The van der Waals surface area contributed by atoms with Crippen LogP contribution in [0.15, 0.2) is 12.2 Å². The molecule has 0 spiro atoms. The zero-order valence-electron chi connectivity index (χ0n) is 13.8. The first-order valence-electron chi connectivity index (χ1n) is 7.88. The lowest BCUT2D eigenvalue weighted by atomic mass is 9.56. The molecule has 1 saturated carbocycles. The van der Waals surface area contributed by atoms with Gasteiger partial charge in [-0.15, -0.1) is 0 Å². The highest BCUT2D eigenvalue weighted by Gasteiger charge is 2.42. The zero-order chi connectivity index (χ0) is 14.2. The first-order chi connectivity index (χ1) is 8.20. The minimum atomic E-state index is 0.646. The van der Waals surface area contributed by atoms with Crippen molar-refractivity contribution in [1.82, 2.24) is 0 Å². The maximum absolute atomic E-state index is 4.49. The van der Waals surface area contributed by atoms with Crippen molar-refractivity contribution in [2.75, 3.05) is 0 Å². The Morgan fingerprint density at radius 2 is 1.06 bits per heavy atom. The maximum Gasteiger partial charge on any atom is -0.0146 e. The fourth-order valence-electron chi connectivity index (χ4n) is 3.98. The number of allylic oxidation sites excluding steroid dienone is 1. The summed E-state index contributed by atoms with van der Waals surface area (Å²) in [6.45, 7) is 23.7. The molecule has 0 amide bonds. The summed E-state index contributed by atoms with van der Waals surface area (Å²) in [6.07, 6.45) is 0. The van der Waals surface area contributed by atoms with E-state index in [4.69, 9.17) is 0 Å². The Hall–Kier alpha value is -0.260. The monoisotopic (exact) mass is 250 g/mol. The third-order valence-corrected chi connectivity index (χ3v) is 6.46. The molecule has 1 aliphatic carbocycles. The first-order valence-corrected chi connectivity index (χ1v) is 7.88. The molecule has 0 bridgehead atoms. The Balaban J connectivity index is 2.96. The topological polar surface area (TPSA) is 0 Å². The average molecular weight is 250 g/mol. The van der Waals surface area contributed by atoms with Crippen LogP contribution in [0.1, 0.15) is 55.4 Å². The minimum absolute atomic E-state index is 0.646. The molecular weight excluding hydrogens is 216 g/mol. The van der Waals surface area contributed by atoms with Crippen molar-refractivity contribution >= 4 is 0 Å². The van der Waals surface area contributed by atoms with Crippen molar-refractivity contribution in [3.05, 3.63) is 12.2 Å². The number of hydrogen-bond acceptors (Lipinski definition) is 0. The Labute approximate surface area is 115 Å². The Morgan fingerprint density at radius 3 is 1.39 bits per heavy atom. The summed E-state index contributed by atoms with van der Waals surface area (Å²) in [6, 6.07) is 0. The minimum Gasteiger partial charge on any atom is -0.0993 e. The second-order valence-corrected chi connectivity index (χ2v) is 7.43. The molecule has 18 heavy (non-hydrogen) atoms. The molecule has 1 rings (SSSR count). The predicted octanol–water partition coefficient (Wildman–Crippen LogP) is 5.65. The normalized spacial score (nSPS) is 42.9. The Bertz CT molecular complexity index is 272. The summed E-state index contributed by atoms with van der Waals surface area (Å²) >= 11 is 0. The molecular formula is C18H34.